The van der Waals surface area contributed by atoms with Gasteiger partial charge in [0.05, 0.1) is 0 Å². The van der Waals surface area contributed by atoms with Crippen molar-refractivity contribution in [3.8, 4) is 11.1 Å². The van der Waals surface area contributed by atoms with Crippen LogP contribution in [0.5, 0.6) is 0 Å². The summed E-state index contributed by atoms with van der Waals surface area (Å²) in [7, 11) is 4.10. The van der Waals surface area contributed by atoms with Crippen molar-refractivity contribution in [2.24, 2.45) is 5.92 Å². The monoisotopic (exact) mass is 502 g/mol. The third-order valence-corrected chi connectivity index (χ3v) is 6.55. The lowest BCUT2D eigenvalue weighted by Gasteiger charge is -2.24. The average Bonchev–Trinajstić information content (AvgIpc) is 3.31. The van der Waals surface area contributed by atoms with E-state index in [1.54, 1.807) is 35.2 Å². The van der Waals surface area contributed by atoms with E-state index in [0.717, 1.165) is 12.1 Å². The summed E-state index contributed by atoms with van der Waals surface area (Å²) in [6.07, 6.45) is 2.33. The van der Waals surface area contributed by atoms with Gasteiger partial charge in [-0.25, -0.2) is 4.79 Å². The first kappa shape index (κ1) is 25.5. The maximum Gasteiger partial charge on any atom is 0.322 e. The summed E-state index contributed by atoms with van der Waals surface area (Å²) in [5.74, 6) is -0.168. The molecule has 0 bridgehead atoms. The van der Waals surface area contributed by atoms with Gasteiger partial charge in [-0.15, -0.1) is 6.58 Å². The molecule has 1 fully saturated rings. The number of urea groups is 1. The molecule has 1 unspecified atom stereocenters. The first-order valence-electron chi connectivity index (χ1n) is 11.9. The van der Waals surface area contributed by atoms with E-state index in [2.05, 4.69) is 34.2 Å². The minimum absolute atomic E-state index is 0.0484. The van der Waals surface area contributed by atoms with Gasteiger partial charge >= 0.3 is 6.03 Å². The largest absolute Gasteiger partial charge is 0.324 e. The zero-order valence-corrected chi connectivity index (χ0v) is 21.3. The highest BCUT2D eigenvalue weighted by atomic mass is 35.5. The van der Waals surface area contributed by atoms with Gasteiger partial charge in [-0.1, -0.05) is 54.1 Å². The van der Waals surface area contributed by atoms with Crippen LogP contribution in [0, 0.1) is 5.92 Å². The van der Waals surface area contributed by atoms with Crippen molar-refractivity contribution in [2.75, 3.05) is 31.3 Å². The second-order valence-corrected chi connectivity index (χ2v) is 9.73. The number of likely N-dealkylation sites (tertiary alicyclic amines) is 1. The first-order valence-corrected chi connectivity index (χ1v) is 12.3. The van der Waals surface area contributed by atoms with Gasteiger partial charge < -0.3 is 20.4 Å². The van der Waals surface area contributed by atoms with Gasteiger partial charge in [0.2, 0.25) is 5.91 Å². The molecule has 0 spiro atoms. The van der Waals surface area contributed by atoms with Crippen molar-refractivity contribution in [3.63, 3.8) is 0 Å². The molecule has 1 heterocycles. The highest BCUT2D eigenvalue weighted by Crippen LogP contribution is 2.28. The van der Waals surface area contributed by atoms with Crippen LogP contribution in [-0.2, 0) is 11.3 Å². The molecule has 1 aliphatic rings. The maximum atomic E-state index is 13.2. The third-order valence-electron chi connectivity index (χ3n) is 6.29. The second-order valence-electron chi connectivity index (χ2n) is 9.30. The van der Waals surface area contributed by atoms with Gasteiger partial charge in [-0.2, -0.15) is 0 Å². The molecule has 0 radical (unpaired) electrons. The fourth-order valence-electron chi connectivity index (χ4n) is 4.48. The van der Waals surface area contributed by atoms with E-state index in [4.69, 9.17) is 11.6 Å². The highest BCUT2D eigenvalue weighted by Gasteiger charge is 2.38. The summed E-state index contributed by atoms with van der Waals surface area (Å²) >= 11 is 5.94. The van der Waals surface area contributed by atoms with Gasteiger partial charge in [0.25, 0.3) is 0 Å². The SMILES string of the molecule is C=CC1C[C@H](C(=O)Nc2ccc(-c3ccccc3CN(C)C)cc2)N(C(=O)Nc2ccc(Cl)cc2)C1. The van der Waals surface area contributed by atoms with E-state index in [1.165, 1.54) is 11.1 Å². The molecule has 0 saturated carbocycles. The van der Waals surface area contributed by atoms with Crippen LogP contribution in [0.1, 0.15) is 12.0 Å². The van der Waals surface area contributed by atoms with Crippen molar-refractivity contribution >= 4 is 34.9 Å². The molecule has 0 aromatic heterocycles. The summed E-state index contributed by atoms with van der Waals surface area (Å²) in [4.78, 5) is 29.9. The molecular formula is C29H31ClN4O2. The van der Waals surface area contributed by atoms with Crippen molar-refractivity contribution in [2.45, 2.75) is 19.0 Å². The van der Waals surface area contributed by atoms with Crippen LogP contribution in [-0.4, -0.2) is 48.4 Å². The lowest BCUT2D eigenvalue weighted by molar-refractivity contribution is -0.119. The summed E-state index contributed by atoms with van der Waals surface area (Å²) in [5, 5.41) is 6.44. The molecule has 4 rings (SSSR count). The molecule has 1 saturated heterocycles. The molecule has 186 valence electrons. The van der Waals surface area contributed by atoms with Crippen LogP contribution in [0.25, 0.3) is 11.1 Å². The number of carbonyl (C=O) groups is 2. The normalized spacial score (nSPS) is 17.2. The van der Waals surface area contributed by atoms with E-state index in [9.17, 15) is 9.59 Å². The summed E-state index contributed by atoms with van der Waals surface area (Å²) in [6, 6.07) is 22.1. The molecule has 7 heteroatoms. The van der Waals surface area contributed by atoms with Gasteiger partial charge in [0.1, 0.15) is 6.04 Å². The van der Waals surface area contributed by atoms with Crippen LogP contribution in [0.4, 0.5) is 16.2 Å². The fourth-order valence-corrected chi connectivity index (χ4v) is 4.61. The first-order chi connectivity index (χ1) is 17.3. The zero-order valence-electron chi connectivity index (χ0n) is 20.6. The lowest BCUT2D eigenvalue weighted by Crippen LogP contribution is -2.45. The smallest absolute Gasteiger partial charge is 0.322 e. The van der Waals surface area contributed by atoms with E-state index < -0.39 is 6.04 Å². The summed E-state index contributed by atoms with van der Waals surface area (Å²) in [5.41, 5.74) is 4.80. The van der Waals surface area contributed by atoms with E-state index in [-0.39, 0.29) is 17.9 Å². The molecule has 0 aliphatic carbocycles. The molecule has 3 aromatic carbocycles. The van der Waals surface area contributed by atoms with Gasteiger partial charge in [-0.05, 0) is 79.5 Å². The molecular weight excluding hydrogens is 472 g/mol. The molecule has 2 N–H and O–H groups in total. The van der Waals surface area contributed by atoms with Crippen molar-refractivity contribution in [3.05, 3.63) is 96.0 Å². The Morgan fingerprint density at radius 3 is 2.31 bits per heavy atom. The highest BCUT2D eigenvalue weighted by molar-refractivity contribution is 6.30. The topological polar surface area (TPSA) is 64.7 Å². The Kier molecular flexibility index (Phi) is 8.08. The molecule has 2 atom stereocenters. The number of nitrogens with one attached hydrogen (secondary N) is 2. The number of rotatable bonds is 7. The Morgan fingerprint density at radius 2 is 1.64 bits per heavy atom. The zero-order chi connectivity index (χ0) is 25.7. The Morgan fingerprint density at radius 1 is 1.00 bits per heavy atom. The number of hydrogen-bond acceptors (Lipinski definition) is 3. The number of anilines is 2. The van der Waals surface area contributed by atoms with Crippen molar-refractivity contribution in [1.29, 1.82) is 0 Å². The second kappa shape index (κ2) is 11.4. The average molecular weight is 503 g/mol. The van der Waals surface area contributed by atoms with E-state index >= 15 is 0 Å². The van der Waals surface area contributed by atoms with Gasteiger partial charge in [0.15, 0.2) is 0 Å². The van der Waals surface area contributed by atoms with Crippen LogP contribution in [0.3, 0.4) is 0 Å². The number of halogens is 1. The van der Waals surface area contributed by atoms with E-state index in [0.29, 0.717) is 29.4 Å². The van der Waals surface area contributed by atoms with Crippen molar-refractivity contribution in [1.82, 2.24) is 9.80 Å². The molecule has 36 heavy (non-hydrogen) atoms. The van der Waals surface area contributed by atoms with Gasteiger partial charge in [-0.3, -0.25) is 4.79 Å². The Labute approximate surface area is 217 Å². The van der Waals surface area contributed by atoms with Crippen LogP contribution < -0.4 is 10.6 Å². The van der Waals surface area contributed by atoms with Crippen molar-refractivity contribution < 1.29 is 9.59 Å². The quantitative estimate of drug-likeness (QED) is 0.383. The predicted octanol–water partition coefficient (Wildman–Crippen LogP) is 6.12. The number of nitrogens with zero attached hydrogens (tertiary/aromatic N) is 2. The van der Waals surface area contributed by atoms with Crippen LogP contribution >= 0.6 is 11.6 Å². The number of hydrogen-bond donors (Lipinski definition) is 2. The number of carbonyl (C=O) groups excluding carboxylic acids is 2. The minimum Gasteiger partial charge on any atom is -0.324 e. The third kappa shape index (κ3) is 6.14. The molecule has 1 aliphatic heterocycles. The minimum atomic E-state index is -0.596. The maximum absolute atomic E-state index is 13.2. The molecule has 3 aromatic rings. The van der Waals surface area contributed by atoms with Crippen LogP contribution in [0.2, 0.25) is 5.02 Å². The Hall–Kier alpha value is -3.61. The Bertz CT molecular complexity index is 1220. The van der Waals surface area contributed by atoms with Crippen LogP contribution in [0.15, 0.2) is 85.5 Å². The predicted molar refractivity (Wildman–Crippen MR) is 147 cm³/mol. The number of benzene rings is 3. The number of amides is 3. The standard InChI is InChI=1S/C29H31ClN4O2/c1-4-20-17-27(34(18-20)29(36)32-25-15-11-23(30)12-16-25)28(35)31-24-13-9-21(10-14-24)26-8-6-5-7-22(26)19-33(2)3/h4-16,20,27H,1,17-19H2,2-3H3,(H,31,35)(H,32,36)/t20?,27-/m1/s1. The summed E-state index contributed by atoms with van der Waals surface area (Å²) < 4.78 is 0. The summed E-state index contributed by atoms with van der Waals surface area (Å²) in [6.45, 7) is 5.14. The fraction of sp³-hybridized carbons (Fsp3) is 0.241. The molecule has 3 amide bonds. The van der Waals surface area contributed by atoms with E-state index in [1.807, 2.05) is 50.5 Å². The molecule has 6 nitrogen and oxygen atoms in total. The van der Waals surface area contributed by atoms with Gasteiger partial charge in [0, 0.05) is 29.5 Å². The lowest BCUT2D eigenvalue weighted by atomic mass is 9.99. The Balaban J connectivity index is 1.46.